The Balaban J connectivity index is 0.000000223. The van der Waals surface area contributed by atoms with Gasteiger partial charge in [0.1, 0.15) is 43.2 Å². The predicted octanol–water partition coefficient (Wildman–Crippen LogP) is 8.16. The molecule has 87 heavy (non-hydrogen) atoms. The average molecular weight is 1230 g/mol. The zero-order valence-electron chi connectivity index (χ0n) is 45.8. The van der Waals surface area contributed by atoms with Crippen LogP contribution in [0.3, 0.4) is 0 Å². The number of hydrogen-bond acceptors (Lipinski definition) is 18. The van der Waals surface area contributed by atoms with Crippen LogP contribution in [-0.4, -0.2) is 125 Å². The molecule has 0 unspecified atom stereocenters. The third-order valence-corrected chi connectivity index (χ3v) is 14.5. The molecule has 4 amide bonds. The van der Waals surface area contributed by atoms with Gasteiger partial charge < -0.3 is 39.8 Å². The SMILES string of the molecule is COc1ccc(NC(=O)C2=Cc3ccccc3C(=NNc3cccc(C(=O)Nc4ccc(S(=O)(=O)[O-])cc4)c3)C2=O)cc1.COc1ccc(NC(=O)C2=Cc3ccccc3C(=NNc3cccc(C(=O)Nc4ccc(S(=O)(=O)[O-])cc4)c3)C2=O)cc1.[Ca+2]. The number of ether oxygens (including phenoxy) is 2. The largest absolute Gasteiger partial charge is 2.00 e. The van der Waals surface area contributed by atoms with Crippen molar-refractivity contribution in [3.05, 3.63) is 239 Å². The van der Waals surface area contributed by atoms with Crippen molar-refractivity contribution in [3.8, 4) is 11.5 Å². The Morgan fingerprint density at radius 2 is 0.724 bits per heavy atom. The first-order valence-electron chi connectivity index (χ1n) is 25.5. The molecule has 2 aliphatic rings. The van der Waals surface area contributed by atoms with Crippen LogP contribution in [0.1, 0.15) is 43.0 Å². The maximum absolute atomic E-state index is 13.5. The van der Waals surface area contributed by atoms with Gasteiger partial charge >= 0.3 is 37.7 Å². The van der Waals surface area contributed by atoms with E-state index in [1.165, 1.54) is 62.8 Å². The number of carbonyl (C=O) groups excluding carboxylic acids is 6. The monoisotopic (exact) mass is 1230 g/mol. The molecule has 22 nitrogen and oxygen atoms in total. The summed E-state index contributed by atoms with van der Waals surface area (Å²) in [5, 5.41) is 19.3. The maximum Gasteiger partial charge on any atom is 2.00 e. The van der Waals surface area contributed by atoms with E-state index in [2.05, 4.69) is 42.3 Å². The molecule has 0 aliphatic heterocycles. The van der Waals surface area contributed by atoms with E-state index in [4.69, 9.17) is 9.47 Å². The van der Waals surface area contributed by atoms with E-state index in [1.807, 2.05) is 0 Å². The molecule has 0 atom stereocenters. The van der Waals surface area contributed by atoms with Crippen molar-refractivity contribution in [1.82, 2.24) is 0 Å². The van der Waals surface area contributed by atoms with Gasteiger partial charge in [0.05, 0.1) is 46.5 Å². The molecule has 0 aromatic heterocycles. The molecule has 0 bridgehead atoms. The average Bonchev–Trinajstić information content (AvgIpc) is 1.67. The van der Waals surface area contributed by atoms with Gasteiger partial charge in [0.25, 0.3) is 23.6 Å². The van der Waals surface area contributed by atoms with Crippen molar-refractivity contribution in [1.29, 1.82) is 0 Å². The molecule has 8 aromatic carbocycles. The number of rotatable bonds is 16. The van der Waals surface area contributed by atoms with Gasteiger partial charge in [0.2, 0.25) is 11.6 Å². The summed E-state index contributed by atoms with van der Waals surface area (Å²) in [5.41, 5.74) is 10.5. The van der Waals surface area contributed by atoms with Gasteiger partial charge in [-0.2, -0.15) is 10.2 Å². The Hall–Kier alpha value is -9.92. The number of fused-ring (bicyclic) bond motifs is 2. The number of anilines is 6. The number of hydrogen-bond donors (Lipinski definition) is 6. The summed E-state index contributed by atoms with van der Waals surface area (Å²) in [7, 11) is -6.15. The third-order valence-electron chi connectivity index (χ3n) is 12.8. The number of hydrazone groups is 2. The fraction of sp³-hybridized carbons (Fsp3) is 0.0323. The summed E-state index contributed by atoms with van der Waals surface area (Å²) in [6.07, 6.45) is 3.03. The summed E-state index contributed by atoms with van der Waals surface area (Å²) >= 11 is 0. The Kier molecular flexibility index (Phi) is 20.2. The number of carbonyl (C=O) groups is 6. The van der Waals surface area contributed by atoms with Gasteiger partial charge in [-0.25, -0.2) is 16.8 Å². The molecule has 10 rings (SSSR count). The second kappa shape index (κ2) is 27.9. The van der Waals surface area contributed by atoms with E-state index in [1.54, 1.807) is 133 Å². The number of amides is 4. The minimum atomic E-state index is -4.61. The molecule has 2 aliphatic carbocycles. The van der Waals surface area contributed by atoms with Crippen LogP contribution in [0.2, 0.25) is 0 Å². The molecule has 25 heteroatoms. The van der Waals surface area contributed by atoms with Crippen molar-refractivity contribution in [3.63, 3.8) is 0 Å². The van der Waals surface area contributed by atoms with E-state index in [0.29, 0.717) is 56.5 Å². The fourth-order valence-electron chi connectivity index (χ4n) is 8.44. The van der Waals surface area contributed by atoms with E-state index >= 15 is 0 Å². The van der Waals surface area contributed by atoms with Crippen LogP contribution in [0, 0.1) is 0 Å². The number of Topliss-reactive ketones (excluding diaryl/α,β-unsaturated/α-hetero) is 2. The van der Waals surface area contributed by atoms with Crippen LogP contribution < -0.4 is 41.6 Å². The first-order valence-corrected chi connectivity index (χ1v) is 28.3. The second-order valence-electron chi connectivity index (χ2n) is 18.5. The van der Waals surface area contributed by atoms with Crippen LogP contribution in [0.5, 0.6) is 11.5 Å². The molecule has 8 aromatic rings. The fourth-order valence-corrected chi connectivity index (χ4v) is 9.38. The summed E-state index contributed by atoms with van der Waals surface area (Å²) < 4.78 is 77.0. The van der Waals surface area contributed by atoms with Crippen molar-refractivity contribution < 1.29 is 64.2 Å². The number of nitrogens with one attached hydrogen (secondary N) is 6. The number of benzene rings is 8. The van der Waals surface area contributed by atoms with Gasteiger partial charge in [0.15, 0.2) is 0 Å². The minimum absolute atomic E-state index is 0. The Morgan fingerprint density at radius 1 is 0.402 bits per heavy atom. The third kappa shape index (κ3) is 15.9. The van der Waals surface area contributed by atoms with Crippen molar-refractivity contribution in [2.24, 2.45) is 10.2 Å². The van der Waals surface area contributed by atoms with E-state index in [9.17, 15) is 54.7 Å². The molecule has 6 N–H and O–H groups in total. The Morgan fingerprint density at radius 3 is 1.06 bits per heavy atom. The maximum atomic E-state index is 13.5. The quantitative estimate of drug-likeness (QED) is 0.0230. The zero-order chi connectivity index (χ0) is 61.1. The molecule has 0 heterocycles. The topological polar surface area (TPSA) is 332 Å². The van der Waals surface area contributed by atoms with Crippen LogP contribution in [0.15, 0.2) is 225 Å². The van der Waals surface area contributed by atoms with Gasteiger partial charge in [0, 0.05) is 45.0 Å². The summed E-state index contributed by atoms with van der Waals surface area (Å²) in [5.74, 6) is -2.15. The molecular weight excluding hydrogens is 1180 g/mol. The Bertz CT molecular complexity index is 4090. The molecule has 0 spiro atoms. The molecule has 432 valence electrons. The minimum Gasteiger partial charge on any atom is -0.744 e. The van der Waals surface area contributed by atoms with Crippen molar-refractivity contribution in [2.45, 2.75) is 9.79 Å². The van der Waals surface area contributed by atoms with Crippen LogP contribution >= 0.6 is 0 Å². The second-order valence-corrected chi connectivity index (χ2v) is 21.2. The zero-order valence-corrected chi connectivity index (χ0v) is 49.6. The number of ketones is 2. The normalized spacial score (nSPS) is 13.3. The van der Waals surface area contributed by atoms with Crippen LogP contribution in [-0.2, 0) is 39.4 Å². The van der Waals surface area contributed by atoms with Crippen molar-refractivity contribution in [2.75, 3.05) is 46.3 Å². The van der Waals surface area contributed by atoms with Crippen LogP contribution in [0.25, 0.3) is 12.2 Å². The van der Waals surface area contributed by atoms with E-state index < -0.39 is 65.2 Å². The number of nitrogens with zero attached hydrogens (tertiary/aromatic N) is 2. The Labute approximate surface area is 527 Å². The molecule has 0 radical (unpaired) electrons. The summed E-state index contributed by atoms with van der Waals surface area (Å²) in [6, 6.07) is 49.6. The van der Waals surface area contributed by atoms with Gasteiger partial charge in [-0.3, -0.25) is 39.6 Å². The summed E-state index contributed by atoms with van der Waals surface area (Å²) in [6.45, 7) is 0. The van der Waals surface area contributed by atoms with E-state index in [0.717, 1.165) is 24.3 Å². The summed E-state index contributed by atoms with van der Waals surface area (Å²) in [4.78, 5) is 77.9. The molecule has 0 saturated carbocycles. The van der Waals surface area contributed by atoms with Crippen LogP contribution in [0.4, 0.5) is 34.1 Å². The predicted molar refractivity (Wildman–Crippen MR) is 326 cm³/mol. The first-order chi connectivity index (χ1) is 41.2. The van der Waals surface area contributed by atoms with E-state index in [-0.39, 0.29) is 82.8 Å². The first kappa shape index (κ1) is 63.1. The smallest absolute Gasteiger partial charge is 0.744 e. The van der Waals surface area contributed by atoms with Gasteiger partial charge in [-0.1, -0.05) is 60.7 Å². The standard InChI is InChI=1S/2C31H24N4O7S.Ca/c2*1-42-24-13-9-21(10-14-24)33-31(38)27-18-19-5-2-3-8-26(19)28(29(27)36)35-34-23-7-4-6-20(17-23)30(37)32-22-11-15-25(16-12-22)43(39,40)41;/h2*2-18,34H,1H3,(H,32,37)(H,33,38)(H,39,40,41);/q;;+2/p-2. The molecular formula is C62H46CaN8O14S2. The van der Waals surface area contributed by atoms with Gasteiger partial charge in [-0.15, -0.1) is 0 Å². The molecule has 0 fully saturated rings. The number of methoxy groups -OCH3 is 2. The van der Waals surface area contributed by atoms with Crippen molar-refractivity contribution >= 4 is 151 Å². The molecule has 0 saturated heterocycles. The van der Waals surface area contributed by atoms with Gasteiger partial charge in [-0.05, 0) is 157 Å².